The van der Waals surface area contributed by atoms with Crippen LogP contribution in [-0.4, -0.2) is 24.5 Å². The molecule has 1 amide bonds. The van der Waals surface area contributed by atoms with Crippen LogP contribution >= 0.6 is 0 Å². The fourth-order valence-electron chi connectivity index (χ4n) is 2.97. The minimum atomic E-state index is -0.641. The fraction of sp³-hybridized carbons (Fsp3) is 0.200. The third-order valence-corrected chi connectivity index (χ3v) is 4.07. The van der Waals surface area contributed by atoms with Gasteiger partial charge in [-0.05, 0) is 48.7 Å². The van der Waals surface area contributed by atoms with E-state index in [0.29, 0.717) is 5.56 Å². The van der Waals surface area contributed by atoms with Crippen molar-refractivity contribution in [2.75, 3.05) is 11.5 Å². The highest BCUT2D eigenvalue weighted by Crippen LogP contribution is 2.31. The SMILES string of the molecule is CC1Cc2ccccc2N1C(=O)COC(=O)/C=C/c1cccc(F)c1. The molecule has 3 rings (SSSR count). The summed E-state index contributed by atoms with van der Waals surface area (Å²) in [6.07, 6.45) is 3.42. The maximum Gasteiger partial charge on any atom is 0.331 e. The van der Waals surface area contributed by atoms with Gasteiger partial charge in [0.05, 0.1) is 0 Å². The zero-order chi connectivity index (χ0) is 17.8. The molecule has 1 unspecified atom stereocenters. The number of esters is 1. The zero-order valence-electron chi connectivity index (χ0n) is 13.8. The van der Waals surface area contributed by atoms with Crippen LogP contribution in [0.5, 0.6) is 0 Å². The van der Waals surface area contributed by atoms with Crippen molar-refractivity contribution in [2.24, 2.45) is 0 Å². The topological polar surface area (TPSA) is 46.6 Å². The number of amides is 1. The molecular formula is C20H18FNO3. The van der Waals surface area contributed by atoms with E-state index >= 15 is 0 Å². The molecule has 0 saturated heterocycles. The summed E-state index contributed by atoms with van der Waals surface area (Å²) >= 11 is 0. The molecule has 0 aliphatic carbocycles. The van der Waals surface area contributed by atoms with Crippen LogP contribution in [0.25, 0.3) is 6.08 Å². The highest BCUT2D eigenvalue weighted by Gasteiger charge is 2.30. The van der Waals surface area contributed by atoms with Crippen molar-refractivity contribution in [2.45, 2.75) is 19.4 Å². The molecule has 5 heteroatoms. The summed E-state index contributed by atoms with van der Waals surface area (Å²) in [6.45, 7) is 1.63. The first kappa shape index (κ1) is 16.9. The molecule has 1 aliphatic heterocycles. The summed E-state index contributed by atoms with van der Waals surface area (Å²) in [6, 6.07) is 13.6. The molecule has 1 atom stereocenters. The normalized spacial score (nSPS) is 16.1. The number of hydrogen-bond acceptors (Lipinski definition) is 3. The van der Waals surface area contributed by atoms with E-state index in [9.17, 15) is 14.0 Å². The molecule has 0 radical (unpaired) electrons. The average Bonchev–Trinajstić information content (AvgIpc) is 2.93. The lowest BCUT2D eigenvalue weighted by atomic mass is 10.1. The number of rotatable bonds is 4. The van der Waals surface area contributed by atoms with Crippen LogP contribution in [0.1, 0.15) is 18.1 Å². The summed E-state index contributed by atoms with van der Waals surface area (Å²) in [5, 5.41) is 0. The summed E-state index contributed by atoms with van der Waals surface area (Å²) in [4.78, 5) is 25.9. The molecule has 0 bridgehead atoms. The molecule has 2 aromatic rings. The first-order chi connectivity index (χ1) is 12.0. The number of anilines is 1. The molecule has 4 nitrogen and oxygen atoms in total. The number of para-hydroxylation sites is 1. The first-order valence-corrected chi connectivity index (χ1v) is 8.05. The van der Waals surface area contributed by atoms with Gasteiger partial charge in [-0.25, -0.2) is 9.18 Å². The number of hydrogen-bond donors (Lipinski definition) is 0. The Balaban J connectivity index is 1.58. The summed E-state index contributed by atoms with van der Waals surface area (Å²) < 4.78 is 18.1. The van der Waals surface area contributed by atoms with Crippen LogP contribution in [0.4, 0.5) is 10.1 Å². The van der Waals surface area contributed by atoms with Gasteiger partial charge in [-0.1, -0.05) is 30.3 Å². The number of benzene rings is 2. The minimum absolute atomic E-state index is 0.0337. The van der Waals surface area contributed by atoms with Crippen molar-refractivity contribution in [1.82, 2.24) is 0 Å². The number of halogens is 1. The second-order valence-corrected chi connectivity index (χ2v) is 5.94. The van der Waals surface area contributed by atoms with Gasteiger partial charge in [0.2, 0.25) is 0 Å². The third-order valence-electron chi connectivity index (χ3n) is 4.07. The number of carbonyl (C=O) groups is 2. The van der Waals surface area contributed by atoms with Gasteiger partial charge in [-0.3, -0.25) is 4.79 Å². The number of nitrogens with zero attached hydrogens (tertiary/aromatic N) is 1. The van der Waals surface area contributed by atoms with Crippen molar-refractivity contribution in [1.29, 1.82) is 0 Å². The van der Waals surface area contributed by atoms with Crippen molar-refractivity contribution < 1.29 is 18.7 Å². The maximum absolute atomic E-state index is 13.1. The van der Waals surface area contributed by atoms with Crippen LogP contribution in [-0.2, 0) is 20.7 Å². The average molecular weight is 339 g/mol. The number of ether oxygens (including phenoxy) is 1. The van der Waals surface area contributed by atoms with Crippen LogP contribution in [0.3, 0.4) is 0 Å². The van der Waals surface area contributed by atoms with Crippen molar-refractivity contribution in [3.8, 4) is 0 Å². The van der Waals surface area contributed by atoms with Gasteiger partial charge >= 0.3 is 5.97 Å². The maximum atomic E-state index is 13.1. The molecule has 0 N–H and O–H groups in total. The van der Waals surface area contributed by atoms with Crippen LogP contribution in [0.2, 0.25) is 0 Å². The molecule has 1 heterocycles. The third kappa shape index (κ3) is 3.94. The van der Waals surface area contributed by atoms with Gasteiger partial charge in [-0.15, -0.1) is 0 Å². The molecule has 2 aromatic carbocycles. The largest absolute Gasteiger partial charge is 0.452 e. The minimum Gasteiger partial charge on any atom is -0.452 e. The first-order valence-electron chi connectivity index (χ1n) is 8.05. The Bertz CT molecular complexity index is 831. The predicted octanol–water partition coefficient (Wildman–Crippen LogP) is 3.36. The van der Waals surface area contributed by atoms with Crippen LogP contribution in [0.15, 0.2) is 54.6 Å². The highest BCUT2D eigenvalue weighted by atomic mass is 19.1. The molecule has 0 spiro atoms. The summed E-state index contributed by atoms with van der Waals surface area (Å²) in [5.41, 5.74) is 2.53. The van der Waals surface area contributed by atoms with E-state index in [-0.39, 0.29) is 24.4 Å². The molecule has 0 fully saturated rings. The zero-order valence-corrected chi connectivity index (χ0v) is 13.8. The van der Waals surface area contributed by atoms with Gasteiger partial charge < -0.3 is 9.64 Å². The van der Waals surface area contributed by atoms with Gasteiger partial charge in [-0.2, -0.15) is 0 Å². The van der Waals surface area contributed by atoms with Gasteiger partial charge in [0.15, 0.2) is 6.61 Å². The van der Waals surface area contributed by atoms with Crippen LogP contribution in [0, 0.1) is 5.82 Å². The van der Waals surface area contributed by atoms with Crippen molar-refractivity contribution in [3.05, 3.63) is 71.6 Å². The Morgan fingerprint density at radius 3 is 2.84 bits per heavy atom. The Hall–Kier alpha value is -2.95. The molecule has 0 aromatic heterocycles. The van der Waals surface area contributed by atoms with E-state index in [1.807, 2.05) is 31.2 Å². The van der Waals surface area contributed by atoms with Gasteiger partial charge in [0.1, 0.15) is 5.82 Å². The second-order valence-electron chi connectivity index (χ2n) is 5.94. The lowest BCUT2D eigenvalue weighted by molar-refractivity contribution is -0.143. The molecule has 0 saturated carbocycles. The van der Waals surface area contributed by atoms with E-state index in [2.05, 4.69) is 0 Å². The highest BCUT2D eigenvalue weighted by molar-refractivity contribution is 5.98. The van der Waals surface area contributed by atoms with E-state index in [1.165, 1.54) is 24.3 Å². The smallest absolute Gasteiger partial charge is 0.331 e. The molecule has 128 valence electrons. The van der Waals surface area contributed by atoms with Crippen molar-refractivity contribution in [3.63, 3.8) is 0 Å². The van der Waals surface area contributed by atoms with Gasteiger partial charge in [0.25, 0.3) is 5.91 Å². The lowest BCUT2D eigenvalue weighted by Gasteiger charge is -2.22. The van der Waals surface area contributed by atoms with E-state index in [1.54, 1.807) is 17.0 Å². The van der Waals surface area contributed by atoms with E-state index < -0.39 is 5.97 Å². The molecule has 1 aliphatic rings. The number of fused-ring (bicyclic) bond motifs is 1. The van der Waals surface area contributed by atoms with E-state index in [4.69, 9.17) is 4.74 Å². The Morgan fingerprint density at radius 1 is 1.24 bits per heavy atom. The Morgan fingerprint density at radius 2 is 2.04 bits per heavy atom. The number of carbonyl (C=O) groups excluding carboxylic acids is 2. The monoisotopic (exact) mass is 339 g/mol. The van der Waals surface area contributed by atoms with E-state index in [0.717, 1.165) is 17.7 Å². The second kappa shape index (κ2) is 7.30. The summed E-state index contributed by atoms with van der Waals surface area (Å²) in [5.74, 6) is -1.28. The molecule has 25 heavy (non-hydrogen) atoms. The summed E-state index contributed by atoms with van der Waals surface area (Å²) in [7, 11) is 0. The van der Waals surface area contributed by atoms with Gasteiger partial charge in [0, 0.05) is 17.8 Å². The standard InChI is InChI=1S/C20H18FNO3/c1-14-11-16-6-2-3-8-18(16)22(14)19(23)13-25-20(24)10-9-15-5-4-7-17(21)12-15/h2-10,12,14H,11,13H2,1H3/b10-9+. The Kier molecular flexibility index (Phi) is 4.93. The quantitative estimate of drug-likeness (QED) is 0.634. The van der Waals surface area contributed by atoms with Crippen molar-refractivity contribution >= 4 is 23.6 Å². The predicted molar refractivity (Wildman–Crippen MR) is 93.5 cm³/mol. The molecular weight excluding hydrogens is 321 g/mol. The fourth-order valence-corrected chi connectivity index (χ4v) is 2.97. The Labute approximate surface area is 145 Å². The lowest BCUT2D eigenvalue weighted by Crippen LogP contribution is -2.38. The van der Waals surface area contributed by atoms with Crippen LogP contribution < -0.4 is 4.90 Å².